The molecular formula is C11H12BrNO4. The Balaban J connectivity index is 2.25. The van der Waals surface area contributed by atoms with E-state index in [0.29, 0.717) is 23.4 Å². The number of nitrogens with one attached hydrogen (secondary N) is 1. The zero-order valence-electron chi connectivity index (χ0n) is 8.98. The summed E-state index contributed by atoms with van der Waals surface area (Å²) in [5.74, 6) is -0.573. The van der Waals surface area contributed by atoms with Gasteiger partial charge in [0.2, 0.25) is 5.91 Å². The summed E-state index contributed by atoms with van der Waals surface area (Å²) >= 11 is 3.15. The fraction of sp³-hybridized carbons (Fsp3) is 0.273. The Labute approximate surface area is 107 Å². The summed E-state index contributed by atoms with van der Waals surface area (Å²) in [6.07, 6.45) is 3.35. The van der Waals surface area contributed by atoms with Crippen LogP contribution in [0.3, 0.4) is 0 Å². The lowest BCUT2D eigenvalue weighted by molar-refractivity contribution is -0.137. The number of hydrogen-bond donors (Lipinski definition) is 2. The van der Waals surface area contributed by atoms with Crippen molar-refractivity contribution in [2.75, 3.05) is 6.54 Å². The molecule has 17 heavy (non-hydrogen) atoms. The topological polar surface area (TPSA) is 79.5 Å². The minimum Gasteiger partial charge on any atom is -0.481 e. The highest BCUT2D eigenvalue weighted by molar-refractivity contribution is 9.10. The lowest BCUT2D eigenvalue weighted by atomic mass is 10.3. The molecule has 5 nitrogen and oxygen atoms in total. The van der Waals surface area contributed by atoms with E-state index in [2.05, 4.69) is 21.2 Å². The number of carboxylic acid groups (broad SMARTS) is 1. The number of carbonyl (C=O) groups is 2. The maximum atomic E-state index is 11.3. The van der Waals surface area contributed by atoms with Crippen LogP contribution >= 0.6 is 15.9 Å². The van der Waals surface area contributed by atoms with E-state index in [1.54, 1.807) is 12.1 Å². The second kappa shape index (κ2) is 6.90. The third-order valence-electron chi connectivity index (χ3n) is 1.86. The highest BCUT2D eigenvalue weighted by Crippen LogP contribution is 2.14. The summed E-state index contributed by atoms with van der Waals surface area (Å²) in [5.41, 5.74) is 0. The van der Waals surface area contributed by atoms with Crippen LogP contribution in [0.5, 0.6) is 0 Å². The summed E-state index contributed by atoms with van der Waals surface area (Å²) < 4.78 is 5.76. The number of hydrogen-bond acceptors (Lipinski definition) is 3. The summed E-state index contributed by atoms with van der Waals surface area (Å²) in [6.45, 7) is 0.345. The quantitative estimate of drug-likeness (QED) is 0.622. The Morgan fingerprint density at radius 1 is 1.47 bits per heavy atom. The van der Waals surface area contributed by atoms with E-state index in [1.807, 2.05) is 0 Å². The van der Waals surface area contributed by atoms with Crippen LogP contribution in [-0.2, 0) is 9.59 Å². The van der Waals surface area contributed by atoms with E-state index in [0.717, 1.165) is 0 Å². The largest absolute Gasteiger partial charge is 0.481 e. The first-order valence-corrected chi connectivity index (χ1v) is 5.80. The summed E-state index contributed by atoms with van der Waals surface area (Å²) in [4.78, 5) is 21.5. The second-order valence-electron chi connectivity index (χ2n) is 3.26. The van der Waals surface area contributed by atoms with Gasteiger partial charge in [-0.15, -0.1) is 0 Å². The number of halogens is 1. The molecule has 1 aromatic heterocycles. The van der Waals surface area contributed by atoms with Crippen molar-refractivity contribution in [1.29, 1.82) is 0 Å². The van der Waals surface area contributed by atoms with E-state index in [1.165, 1.54) is 12.2 Å². The van der Waals surface area contributed by atoms with E-state index < -0.39 is 5.97 Å². The first-order valence-electron chi connectivity index (χ1n) is 5.01. The fourth-order valence-electron chi connectivity index (χ4n) is 1.09. The number of furan rings is 1. The van der Waals surface area contributed by atoms with Crippen LogP contribution in [0, 0.1) is 0 Å². The number of aliphatic carboxylic acids is 1. The van der Waals surface area contributed by atoms with E-state index in [9.17, 15) is 9.59 Å². The van der Waals surface area contributed by atoms with Crippen molar-refractivity contribution in [3.05, 3.63) is 28.6 Å². The van der Waals surface area contributed by atoms with Crippen molar-refractivity contribution in [2.45, 2.75) is 12.8 Å². The Morgan fingerprint density at radius 3 is 2.82 bits per heavy atom. The molecule has 0 fully saturated rings. The van der Waals surface area contributed by atoms with Gasteiger partial charge in [0, 0.05) is 19.0 Å². The second-order valence-corrected chi connectivity index (χ2v) is 4.05. The van der Waals surface area contributed by atoms with Gasteiger partial charge in [0.25, 0.3) is 0 Å². The molecule has 0 aliphatic rings. The van der Waals surface area contributed by atoms with Crippen LogP contribution in [-0.4, -0.2) is 23.5 Å². The van der Waals surface area contributed by atoms with Crippen molar-refractivity contribution in [3.8, 4) is 0 Å². The van der Waals surface area contributed by atoms with Gasteiger partial charge in [0.15, 0.2) is 4.67 Å². The van der Waals surface area contributed by atoms with Gasteiger partial charge < -0.3 is 14.8 Å². The van der Waals surface area contributed by atoms with Gasteiger partial charge in [-0.1, -0.05) is 0 Å². The van der Waals surface area contributed by atoms with Gasteiger partial charge in [-0.2, -0.15) is 0 Å². The van der Waals surface area contributed by atoms with E-state index >= 15 is 0 Å². The summed E-state index contributed by atoms with van der Waals surface area (Å²) in [5, 5.41) is 11.0. The standard InChI is InChI=1S/C11H12BrNO4/c12-9-5-3-8(17-9)4-6-10(14)13-7-1-2-11(15)16/h3-6H,1-2,7H2,(H,13,14)(H,15,16)/b6-4+. The van der Waals surface area contributed by atoms with Gasteiger partial charge in [0.1, 0.15) is 5.76 Å². The van der Waals surface area contributed by atoms with Gasteiger partial charge in [0.05, 0.1) is 0 Å². The van der Waals surface area contributed by atoms with Gasteiger partial charge in [-0.3, -0.25) is 9.59 Å². The normalized spacial score (nSPS) is 10.6. The zero-order valence-corrected chi connectivity index (χ0v) is 10.6. The molecule has 1 amide bonds. The Kier molecular flexibility index (Phi) is 5.48. The summed E-state index contributed by atoms with van der Waals surface area (Å²) in [6, 6.07) is 3.45. The number of amides is 1. The predicted octanol–water partition coefficient (Wildman–Crippen LogP) is 2.04. The molecule has 0 saturated heterocycles. The molecule has 92 valence electrons. The smallest absolute Gasteiger partial charge is 0.303 e. The Morgan fingerprint density at radius 2 is 2.24 bits per heavy atom. The van der Waals surface area contributed by atoms with Crippen molar-refractivity contribution in [3.63, 3.8) is 0 Å². The molecule has 0 aliphatic carbocycles. The van der Waals surface area contributed by atoms with Crippen molar-refractivity contribution >= 4 is 33.9 Å². The predicted molar refractivity (Wildman–Crippen MR) is 65.3 cm³/mol. The zero-order chi connectivity index (χ0) is 12.7. The van der Waals surface area contributed by atoms with Crippen molar-refractivity contribution in [1.82, 2.24) is 5.32 Å². The van der Waals surface area contributed by atoms with Gasteiger partial charge in [-0.25, -0.2) is 0 Å². The van der Waals surface area contributed by atoms with Crippen molar-refractivity contribution < 1.29 is 19.1 Å². The molecule has 2 N–H and O–H groups in total. The fourth-order valence-corrected chi connectivity index (χ4v) is 1.40. The molecule has 0 bridgehead atoms. The molecule has 0 radical (unpaired) electrons. The van der Waals surface area contributed by atoms with Crippen LogP contribution in [0.1, 0.15) is 18.6 Å². The molecule has 1 rings (SSSR count). The molecule has 0 aromatic carbocycles. The molecule has 1 heterocycles. The third kappa shape index (κ3) is 5.91. The van der Waals surface area contributed by atoms with Crippen molar-refractivity contribution in [2.24, 2.45) is 0 Å². The first-order chi connectivity index (χ1) is 8.08. The average Bonchev–Trinajstić information content (AvgIpc) is 2.67. The van der Waals surface area contributed by atoms with Crippen LogP contribution in [0.4, 0.5) is 0 Å². The first kappa shape index (κ1) is 13.5. The Hall–Kier alpha value is -1.56. The molecular weight excluding hydrogens is 290 g/mol. The number of carboxylic acids is 1. The van der Waals surface area contributed by atoms with Crippen LogP contribution in [0.2, 0.25) is 0 Å². The van der Waals surface area contributed by atoms with Crippen LogP contribution < -0.4 is 5.32 Å². The lowest BCUT2D eigenvalue weighted by Gasteiger charge is -1.99. The molecule has 0 unspecified atom stereocenters. The van der Waals surface area contributed by atoms with Gasteiger partial charge in [-0.05, 0) is 40.6 Å². The molecule has 6 heteroatoms. The minimum absolute atomic E-state index is 0.0507. The molecule has 0 spiro atoms. The number of rotatable bonds is 6. The monoisotopic (exact) mass is 301 g/mol. The minimum atomic E-state index is -0.866. The molecule has 1 aromatic rings. The van der Waals surface area contributed by atoms with Gasteiger partial charge >= 0.3 is 5.97 Å². The maximum absolute atomic E-state index is 11.3. The number of carbonyl (C=O) groups excluding carboxylic acids is 1. The maximum Gasteiger partial charge on any atom is 0.303 e. The average molecular weight is 302 g/mol. The van der Waals surface area contributed by atoms with E-state index in [4.69, 9.17) is 9.52 Å². The highest BCUT2D eigenvalue weighted by atomic mass is 79.9. The Bertz CT molecular complexity index is 425. The molecule has 0 aliphatic heterocycles. The summed E-state index contributed by atoms with van der Waals surface area (Å²) in [7, 11) is 0. The SMILES string of the molecule is O=C(O)CCCNC(=O)/C=C/c1ccc(Br)o1. The molecule has 0 atom stereocenters. The van der Waals surface area contributed by atoms with Crippen LogP contribution in [0.15, 0.2) is 27.3 Å². The third-order valence-corrected chi connectivity index (χ3v) is 2.29. The lowest BCUT2D eigenvalue weighted by Crippen LogP contribution is -2.22. The van der Waals surface area contributed by atoms with Crippen LogP contribution in [0.25, 0.3) is 6.08 Å². The molecule has 0 saturated carbocycles. The highest BCUT2D eigenvalue weighted by Gasteiger charge is 1.99. The van der Waals surface area contributed by atoms with E-state index in [-0.39, 0.29) is 12.3 Å².